The summed E-state index contributed by atoms with van der Waals surface area (Å²) in [6.45, 7) is 0. The Hall–Kier alpha value is -1.84. The van der Waals surface area contributed by atoms with Gasteiger partial charge in [-0.15, -0.1) is 0 Å². The molecule has 0 unspecified atom stereocenters. The van der Waals surface area contributed by atoms with Gasteiger partial charge in [-0.05, 0) is 31.0 Å². The summed E-state index contributed by atoms with van der Waals surface area (Å²) in [4.78, 5) is 15.2. The lowest BCUT2D eigenvalue weighted by molar-refractivity contribution is 0.0697. The number of carbonyl (C=O) groups is 1. The molecule has 1 N–H and O–H groups in total. The van der Waals surface area contributed by atoms with Crippen molar-refractivity contribution < 1.29 is 14.3 Å². The maximum Gasteiger partial charge on any atom is 0.335 e. The molecule has 3 rings (SSSR count). The van der Waals surface area contributed by atoms with Crippen LogP contribution >= 0.6 is 0 Å². The molecule has 1 saturated carbocycles. The molecule has 0 atom stereocenters. The van der Waals surface area contributed by atoms with Gasteiger partial charge in [0.05, 0.1) is 5.56 Å². The van der Waals surface area contributed by atoms with Crippen molar-refractivity contribution in [2.24, 2.45) is 0 Å². The van der Waals surface area contributed by atoms with Gasteiger partial charge in [-0.1, -0.05) is 6.42 Å². The van der Waals surface area contributed by atoms with Crippen LogP contribution in [0.15, 0.2) is 22.6 Å². The highest BCUT2D eigenvalue weighted by molar-refractivity contribution is 5.91. The molecule has 0 aliphatic heterocycles. The van der Waals surface area contributed by atoms with Crippen LogP contribution in [0, 0.1) is 0 Å². The number of aromatic nitrogens is 1. The Kier molecular flexibility index (Phi) is 1.96. The van der Waals surface area contributed by atoms with E-state index >= 15 is 0 Å². The third kappa shape index (κ3) is 1.38. The van der Waals surface area contributed by atoms with Gasteiger partial charge in [0.2, 0.25) is 0 Å². The van der Waals surface area contributed by atoms with E-state index in [1.54, 1.807) is 12.1 Å². The van der Waals surface area contributed by atoms with Crippen LogP contribution in [0.25, 0.3) is 11.1 Å². The summed E-state index contributed by atoms with van der Waals surface area (Å²) in [6, 6.07) is 4.79. The van der Waals surface area contributed by atoms with E-state index in [4.69, 9.17) is 9.52 Å². The number of hydrogen-bond acceptors (Lipinski definition) is 3. The Balaban J connectivity index is 2.06. The molecule has 16 heavy (non-hydrogen) atoms. The molecule has 0 saturated heterocycles. The summed E-state index contributed by atoms with van der Waals surface area (Å²) in [5.41, 5.74) is 1.55. The van der Waals surface area contributed by atoms with E-state index in [1.165, 1.54) is 12.5 Å². The molecule has 2 aromatic rings. The van der Waals surface area contributed by atoms with E-state index in [0.717, 1.165) is 24.2 Å². The van der Waals surface area contributed by atoms with Crippen molar-refractivity contribution in [3.8, 4) is 0 Å². The molecule has 0 bridgehead atoms. The Bertz CT molecular complexity index is 554. The van der Waals surface area contributed by atoms with E-state index in [9.17, 15) is 4.79 Å². The fourth-order valence-corrected chi connectivity index (χ4v) is 1.91. The third-order valence-electron chi connectivity index (χ3n) is 3.11. The minimum absolute atomic E-state index is 0.240. The zero-order valence-corrected chi connectivity index (χ0v) is 8.64. The number of hydrogen-bond donors (Lipinski definition) is 1. The van der Waals surface area contributed by atoms with Gasteiger partial charge in [0.25, 0.3) is 0 Å². The summed E-state index contributed by atoms with van der Waals surface area (Å²) < 4.78 is 5.59. The van der Waals surface area contributed by atoms with Crippen molar-refractivity contribution in [2.45, 2.75) is 25.2 Å². The highest BCUT2D eigenvalue weighted by Crippen LogP contribution is 2.37. The number of benzene rings is 1. The van der Waals surface area contributed by atoms with Crippen molar-refractivity contribution in [3.05, 3.63) is 29.7 Å². The van der Waals surface area contributed by atoms with E-state index < -0.39 is 5.97 Å². The van der Waals surface area contributed by atoms with Crippen LogP contribution in [-0.4, -0.2) is 16.1 Å². The van der Waals surface area contributed by atoms with Crippen molar-refractivity contribution in [2.75, 3.05) is 0 Å². The van der Waals surface area contributed by atoms with E-state index in [-0.39, 0.29) is 5.56 Å². The number of oxazole rings is 1. The van der Waals surface area contributed by atoms with Gasteiger partial charge in [-0.3, -0.25) is 0 Å². The lowest BCUT2D eigenvalue weighted by Gasteiger charge is -2.21. The summed E-state index contributed by atoms with van der Waals surface area (Å²) in [7, 11) is 0. The van der Waals surface area contributed by atoms with Gasteiger partial charge in [0.15, 0.2) is 11.5 Å². The second kappa shape index (κ2) is 3.33. The van der Waals surface area contributed by atoms with Crippen molar-refractivity contribution >= 4 is 17.1 Å². The number of fused-ring (bicyclic) bond motifs is 1. The second-order valence-corrected chi connectivity index (χ2v) is 4.17. The lowest BCUT2D eigenvalue weighted by Crippen LogP contribution is -2.08. The van der Waals surface area contributed by atoms with Gasteiger partial charge in [-0.2, -0.15) is 0 Å². The Labute approximate surface area is 91.9 Å². The van der Waals surface area contributed by atoms with Crippen LogP contribution in [-0.2, 0) is 0 Å². The first kappa shape index (κ1) is 9.39. The first-order valence-electron chi connectivity index (χ1n) is 5.38. The minimum Gasteiger partial charge on any atom is -0.478 e. The SMILES string of the molecule is O=C(O)c1ccc2nc(C3CCC3)oc2c1. The molecule has 0 amide bonds. The van der Waals surface area contributed by atoms with Crippen LogP contribution in [0.4, 0.5) is 0 Å². The van der Waals surface area contributed by atoms with Gasteiger partial charge in [0.1, 0.15) is 5.52 Å². The predicted octanol–water partition coefficient (Wildman–Crippen LogP) is 2.79. The zero-order chi connectivity index (χ0) is 11.1. The van der Waals surface area contributed by atoms with Crippen LogP contribution in [0.2, 0.25) is 0 Å². The third-order valence-corrected chi connectivity index (χ3v) is 3.11. The van der Waals surface area contributed by atoms with Crippen molar-refractivity contribution in [3.63, 3.8) is 0 Å². The molecule has 1 heterocycles. The summed E-state index contributed by atoms with van der Waals surface area (Å²) in [5, 5.41) is 8.86. The molecule has 1 aromatic carbocycles. The van der Waals surface area contributed by atoms with Crippen LogP contribution in [0.5, 0.6) is 0 Å². The second-order valence-electron chi connectivity index (χ2n) is 4.17. The molecule has 82 valence electrons. The lowest BCUT2D eigenvalue weighted by atomic mass is 9.85. The zero-order valence-electron chi connectivity index (χ0n) is 8.64. The highest BCUT2D eigenvalue weighted by Gasteiger charge is 2.24. The summed E-state index contributed by atoms with van der Waals surface area (Å²) in [5.74, 6) is 0.243. The quantitative estimate of drug-likeness (QED) is 0.840. The van der Waals surface area contributed by atoms with Crippen molar-refractivity contribution in [1.82, 2.24) is 4.98 Å². The number of carboxylic acids is 1. The maximum absolute atomic E-state index is 10.8. The fourth-order valence-electron chi connectivity index (χ4n) is 1.91. The van der Waals surface area contributed by atoms with Crippen LogP contribution < -0.4 is 0 Å². The average molecular weight is 217 g/mol. The van der Waals surface area contributed by atoms with E-state index in [1.807, 2.05) is 0 Å². The first-order valence-corrected chi connectivity index (χ1v) is 5.38. The molecule has 4 heteroatoms. The molecule has 1 fully saturated rings. The molecule has 1 aromatic heterocycles. The monoisotopic (exact) mass is 217 g/mol. The molecule has 1 aliphatic rings. The summed E-state index contributed by atoms with van der Waals surface area (Å²) >= 11 is 0. The normalized spacial score (nSPS) is 16.2. The molecule has 0 spiro atoms. The van der Waals surface area contributed by atoms with E-state index in [0.29, 0.717) is 11.5 Å². The summed E-state index contributed by atoms with van der Waals surface area (Å²) in [6.07, 6.45) is 3.47. The fraction of sp³-hybridized carbons (Fsp3) is 0.333. The minimum atomic E-state index is -0.941. The molecular formula is C12H11NO3. The number of aromatic carboxylic acids is 1. The van der Waals surface area contributed by atoms with E-state index in [2.05, 4.69) is 4.98 Å². The maximum atomic E-state index is 10.8. The molecular weight excluding hydrogens is 206 g/mol. The Morgan fingerprint density at radius 2 is 2.25 bits per heavy atom. The number of nitrogens with zero attached hydrogens (tertiary/aromatic N) is 1. The smallest absolute Gasteiger partial charge is 0.335 e. The predicted molar refractivity (Wildman–Crippen MR) is 57.6 cm³/mol. The largest absolute Gasteiger partial charge is 0.478 e. The topological polar surface area (TPSA) is 63.3 Å². The average Bonchev–Trinajstić information content (AvgIpc) is 2.56. The highest BCUT2D eigenvalue weighted by atomic mass is 16.4. The molecule has 0 radical (unpaired) electrons. The van der Waals surface area contributed by atoms with Crippen molar-refractivity contribution in [1.29, 1.82) is 0 Å². The Morgan fingerprint density at radius 1 is 1.44 bits per heavy atom. The molecule has 1 aliphatic carbocycles. The molecule has 4 nitrogen and oxygen atoms in total. The number of rotatable bonds is 2. The van der Waals surface area contributed by atoms with Gasteiger partial charge in [0, 0.05) is 5.92 Å². The Morgan fingerprint density at radius 3 is 2.88 bits per heavy atom. The van der Waals surface area contributed by atoms with Gasteiger partial charge < -0.3 is 9.52 Å². The van der Waals surface area contributed by atoms with Gasteiger partial charge >= 0.3 is 5.97 Å². The van der Waals surface area contributed by atoms with Crippen LogP contribution in [0.3, 0.4) is 0 Å². The first-order chi connectivity index (χ1) is 7.74. The standard InChI is InChI=1S/C12H11NO3/c14-12(15)8-4-5-9-10(6-8)16-11(13-9)7-2-1-3-7/h4-7H,1-3H2,(H,14,15). The number of carboxylic acid groups (broad SMARTS) is 1. The van der Waals surface area contributed by atoms with Gasteiger partial charge in [-0.25, -0.2) is 9.78 Å². The van der Waals surface area contributed by atoms with Crippen LogP contribution in [0.1, 0.15) is 41.4 Å².